The lowest BCUT2D eigenvalue weighted by Crippen LogP contribution is -2.53. The van der Waals surface area contributed by atoms with Gasteiger partial charge in [0.05, 0.1) is 16.6 Å². The molecular weight excluding hydrogens is 546 g/mol. The van der Waals surface area contributed by atoms with Crippen LogP contribution in [0.25, 0.3) is 0 Å². The van der Waals surface area contributed by atoms with Gasteiger partial charge in [0.25, 0.3) is 5.91 Å². The smallest absolute Gasteiger partial charge is 0.251 e. The summed E-state index contributed by atoms with van der Waals surface area (Å²) >= 11 is 1.61. The van der Waals surface area contributed by atoms with Crippen LogP contribution in [0.4, 0.5) is 5.69 Å². The topological polar surface area (TPSA) is 81.2 Å². The number of aliphatic hydroxyl groups is 1. The van der Waals surface area contributed by atoms with Gasteiger partial charge in [0.1, 0.15) is 6.04 Å². The molecule has 1 spiro atoms. The second-order valence-corrected chi connectivity index (χ2v) is 14.0. The quantitative estimate of drug-likeness (QED) is 0.388. The zero-order chi connectivity index (χ0) is 29.6. The highest BCUT2D eigenvalue weighted by atomic mass is 32.2. The SMILES string of the molecule is Cc1ccc(C)c(N2CC=C[C@]34S[C@@]5(C)C=CCN(Cc6ccccc6)C(=O)[C@H]5[C@H]3C(=O)N(CCCCO)C4C2=O)c1. The average molecular weight is 586 g/mol. The second-order valence-electron chi connectivity index (χ2n) is 12.2. The third kappa shape index (κ3) is 4.60. The van der Waals surface area contributed by atoms with Gasteiger partial charge < -0.3 is 19.8 Å². The molecule has 42 heavy (non-hydrogen) atoms. The predicted octanol–water partition coefficient (Wildman–Crippen LogP) is 4.26. The number of carbonyl (C=O) groups excluding carboxylic acids is 3. The lowest BCUT2D eigenvalue weighted by Gasteiger charge is -2.37. The summed E-state index contributed by atoms with van der Waals surface area (Å²) in [6.07, 6.45) is 9.37. The van der Waals surface area contributed by atoms with E-state index in [1.54, 1.807) is 16.7 Å². The normalized spacial score (nSPS) is 30.3. The van der Waals surface area contributed by atoms with Gasteiger partial charge >= 0.3 is 0 Å². The van der Waals surface area contributed by atoms with Crippen LogP contribution in [0.2, 0.25) is 0 Å². The maximum absolute atomic E-state index is 14.7. The summed E-state index contributed by atoms with van der Waals surface area (Å²) in [5.74, 6) is -1.56. The molecule has 0 aromatic heterocycles. The van der Waals surface area contributed by atoms with E-state index in [2.05, 4.69) is 25.2 Å². The number of fused-ring (bicyclic) bond motifs is 2. The number of amides is 3. The zero-order valence-corrected chi connectivity index (χ0v) is 25.3. The Morgan fingerprint density at radius 3 is 2.43 bits per heavy atom. The van der Waals surface area contributed by atoms with Crippen molar-refractivity contribution in [1.29, 1.82) is 0 Å². The predicted molar refractivity (Wildman–Crippen MR) is 166 cm³/mol. The first kappa shape index (κ1) is 28.7. The molecule has 5 atom stereocenters. The van der Waals surface area contributed by atoms with Crippen molar-refractivity contribution in [3.05, 3.63) is 89.5 Å². The fourth-order valence-corrected chi connectivity index (χ4v) is 9.54. The van der Waals surface area contributed by atoms with Crippen molar-refractivity contribution in [2.24, 2.45) is 11.8 Å². The van der Waals surface area contributed by atoms with Gasteiger partial charge in [-0.2, -0.15) is 0 Å². The van der Waals surface area contributed by atoms with Crippen molar-refractivity contribution in [3.8, 4) is 0 Å². The molecule has 2 aromatic carbocycles. The van der Waals surface area contributed by atoms with Crippen LogP contribution in [-0.2, 0) is 20.9 Å². The Balaban J connectivity index is 1.43. The maximum atomic E-state index is 14.7. The number of anilines is 1. The van der Waals surface area contributed by atoms with E-state index in [9.17, 15) is 19.5 Å². The van der Waals surface area contributed by atoms with E-state index in [1.807, 2.05) is 78.3 Å². The van der Waals surface area contributed by atoms with Crippen LogP contribution >= 0.6 is 11.8 Å². The number of aryl methyl sites for hydroxylation is 2. The molecule has 1 unspecified atom stereocenters. The van der Waals surface area contributed by atoms with Gasteiger partial charge in [-0.3, -0.25) is 14.4 Å². The maximum Gasteiger partial charge on any atom is 0.251 e. The van der Waals surface area contributed by atoms with Gasteiger partial charge in [-0.25, -0.2) is 0 Å². The number of aliphatic hydroxyl groups excluding tert-OH is 1. The highest BCUT2D eigenvalue weighted by molar-refractivity contribution is 8.02. The number of thioether (sulfide) groups is 1. The summed E-state index contributed by atoms with van der Waals surface area (Å²) in [5, 5.41) is 9.50. The number of hydrogen-bond donors (Lipinski definition) is 1. The van der Waals surface area contributed by atoms with E-state index >= 15 is 0 Å². The summed E-state index contributed by atoms with van der Waals surface area (Å²) in [4.78, 5) is 49.1. The third-order valence-corrected chi connectivity index (χ3v) is 11.1. The molecule has 3 amide bonds. The van der Waals surface area contributed by atoms with E-state index in [-0.39, 0.29) is 24.3 Å². The third-order valence-electron chi connectivity index (χ3n) is 9.32. The van der Waals surface area contributed by atoms with Crippen molar-refractivity contribution in [3.63, 3.8) is 0 Å². The van der Waals surface area contributed by atoms with Crippen molar-refractivity contribution in [1.82, 2.24) is 9.80 Å². The molecule has 0 saturated carbocycles. The molecule has 2 aromatic rings. The Labute approximate surface area is 252 Å². The average Bonchev–Trinajstić information content (AvgIpc) is 3.24. The minimum absolute atomic E-state index is 0.0247. The summed E-state index contributed by atoms with van der Waals surface area (Å²) < 4.78 is -1.52. The molecule has 7 nitrogen and oxygen atoms in total. The van der Waals surface area contributed by atoms with Crippen molar-refractivity contribution in [2.75, 3.05) is 31.1 Å². The van der Waals surface area contributed by atoms with Crippen molar-refractivity contribution < 1.29 is 19.5 Å². The van der Waals surface area contributed by atoms with E-state index in [4.69, 9.17) is 0 Å². The monoisotopic (exact) mass is 585 g/mol. The van der Waals surface area contributed by atoms with Gasteiger partial charge in [-0.15, -0.1) is 11.8 Å². The Kier molecular flexibility index (Phi) is 7.56. The van der Waals surface area contributed by atoms with Crippen LogP contribution in [0.3, 0.4) is 0 Å². The highest BCUT2D eigenvalue weighted by Gasteiger charge is 2.73. The molecule has 4 heterocycles. The second kappa shape index (κ2) is 11.0. The minimum Gasteiger partial charge on any atom is -0.396 e. The molecule has 220 valence electrons. The molecule has 6 rings (SSSR count). The van der Waals surface area contributed by atoms with E-state index in [0.717, 1.165) is 22.4 Å². The lowest BCUT2D eigenvalue weighted by atomic mass is 9.74. The van der Waals surface area contributed by atoms with E-state index in [1.165, 1.54) is 0 Å². The Morgan fingerprint density at radius 1 is 0.905 bits per heavy atom. The van der Waals surface area contributed by atoms with E-state index in [0.29, 0.717) is 39.0 Å². The number of benzene rings is 2. The van der Waals surface area contributed by atoms with Crippen LogP contribution in [-0.4, -0.2) is 74.4 Å². The number of rotatable bonds is 7. The van der Waals surface area contributed by atoms with Gasteiger partial charge in [0, 0.05) is 43.2 Å². The van der Waals surface area contributed by atoms with Gasteiger partial charge in [0.2, 0.25) is 11.8 Å². The Bertz CT molecular complexity index is 1460. The number of hydrogen-bond acceptors (Lipinski definition) is 5. The standard InChI is InChI=1S/C34H39N3O4S/c1-23-13-14-24(2)26(21-23)36-19-10-16-34-28(31(40)37(18-7-8-20-38)29(34)32(36)41)27-30(39)35(17-9-15-33(27,3)42-34)22-25-11-5-4-6-12-25/h4-6,9-16,21,27-29,38H,7-8,17-20,22H2,1-3H3/t27-,28+,29?,33+,34+/m1/s1. The van der Waals surface area contributed by atoms with Gasteiger partial charge in [0.15, 0.2) is 0 Å². The number of nitrogens with zero attached hydrogens (tertiary/aromatic N) is 3. The highest BCUT2D eigenvalue weighted by Crippen LogP contribution is 2.65. The molecule has 4 aliphatic rings. The van der Waals surface area contributed by atoms with Gasteiger partial charge in [-0.1, -0.05) is 66.8 Å². The molecule has 0 aliphatic carbocycles. The number of likely N-dealkylation sites (tertiary alicyclic amines) is 1. The molecule has 2 saturated heterocycles. The first-order valence-electron chi connectivity index (χ1n) is 14.9. The zero-order valence-electron chi connectivity index (χ0n) is 24.5. The van der Waals surface area contributed by atoms with Crippen molar-refractivity contribution >= 4 is 35.2 Å². The minimum atomic E-state index is -0.880. The van der Waals surface area contributed by atoms with Crippen molar-refractivity contribution in [2.45, 2.75) is 55.7 Å². The summed E-state index contributed by atoms with van der Waals surface area (Å²) in [5.41, 5.74) is 3.95. The van der Waals surface area contributed by atoms with Gasteiger partial charge in [-0.05, 0) is 56.4 Å². The Morgan fingerprint density at radius 2 is 1.67 bits per heavy atom. The lowest BCUT2D eigenvalue weighted by molar-refractivity contribution is -0.144. The van der Waals surface area contributed by atoms with Crippen LogP contribution in [0.1, 0.15) is 36.5 Å². The fourth-order valence-electron chi connectivity index (χ4n) is 7.38. The molecule has 0 bridgehead atoms. The van der Waals surface area contributed by atoms with Crippen LogP contribution < -0.4 is 4.90 Å². The number of unbranched alkanes of at least 4 members (excludes halogenated alkanes) is 1. The largest absolute Gasteiger partial charge is 0.396 e. The van der Waals surface area contributed by atoms with E-state index < -0.39 is 27.4 Å². The Hall–Kier alpha value is -3.36. The molecule has 1 N–H and O–H groups in total. The van der Waals surface area contributed by atoms with Crippen LogP contribution in [0, 0.1) is 25.7 Å². The number of carbonyl (C=O) groups is 3. The van der Waals surface area contributed by atoms with Crippen LogP contribution in [0.15, 0.2) is 72.8 Å². The summed E-state index contributed by atoms with van der Waals surface area (Å²) in [7, 11) is 0. The molecule has 4 aliphatic heterocycles. The molecule has 8 heteroatoms. The summed E-state index contributed by atoms with van der Waals surface area (Å²) in [6, 6.07) is 15.3. The fraction of sp³-hybridized carbons (Fsp3) is 0.441. The molecular formula is C34H39N3O4S. The van der Waals surface area contributed by atoms with Crippen LogP contribution in [0.5, 0.6) is 0 Å². The summed E-state index contributed by atoms with van der Waals surface area (Å²) in [6.45, 7) is 7.81. The first-order chi connectivity index (χ1) is 20.2. The molecule has 2 fully saturated rings. The first-order valence-corrected chi connectivity index (χ1v) is 15.7. The molecule has 0 radical (unpaired) electrons.